The number of carboxylic acids is 1. The molecule has 13 nitrogen and oxygen atoms in total. The molecule has 276 valence electrons. The van der Waals surface area contributed by atoms with Crippen molar-refractivity contribution in [2.75, 3.05) is 25.5 Å². The van der Waals surface area contributed by atoms with Gasteiger partial charge in [-0.2, -0.15) is 15.0 Å². The lowest BCUT2D eigenvalue weighted by atomic mass is 10.0. The average molecular weight is 712 g/mol. The molecular formula is C39H49N7O6. The van der Waals surface area contributed by atoms with E-state index in [-0.39, 0.29) is 25.3 Å². The Kier molecular flexibility index (Phi) is 10.4. The minimum atomic E-state index is -1.44. The predicted molar refractivity (Wildman–Crippen MR) is 196 cm³/mol. The average Bonchev–Trinajstić information content (AvgIpc) is 3.40. The van der Waals surface area contributed by atoms with E-state index in [0.29, 0.717) is 24.2 Å². The van der Waals surface area contributed by atoms with Crippen molar-refractivity contribution in [2.24, 2.45) is 5.92 Å². The lowest BCUT2D eigenvalue weighted by molar-refractivity contribution is -0.145. The number of nitrogens with zero attached hydrogens (tertiary/aromatic N) is 5. The standard InChI is InChI=1S/C39H49N7O6/c1-38(2,3)52-37(51)40-30-17-13-8-6-7-12-16-27-23-39(27,36(49)50)41-34(47)31-22-29(24-45(31)35(30)48)46-42-32(25-14-10-9-11-15-25)33(43-46)26-18-20-28(21-19-26)44(4)5/h9-12,14-16,18-21,27,29-31H,6-8,13,17,22-24H2,1-5H3,(H,40,51)(H,41,47)(H,49,50)/b16-12-/t27-,29-,30-,31-,39+/m0/s1. The zero-order valence-corrected chi connectivity index (χ0v) is 30.5. The third-order valence-electron chi connectivity index (χ3n) is 9.99. The van der Waals surface area contributed by atoms with Gasteiger partial charge < -0.3 is 30.3 Å². The number of carbonyl (C=O) groups is 4. The molecule has 3 aromatic rings. The first kappa shape index (κ1) is 36.6. The summed E-state index contributed by atoms with van der Waals surface area (Å²) in [6.45, 7) is 5.32. The molecule has 5 atom stereocenters. The topological polar surface area (TPSA) is 159 Å². The molecule has 2 aromatic carbocycles. The van der Waals surface area contributed by atoms with Crippen molar-refractivity contribution in [3.8, 4) is 22.5 Å². The van der Waals surface area contributed by atoms with Crippen molar-refractivity contribution in [1.29, 1.82) is 0 Å². The zero-order chi connectivity index (χ0) is 37.2. The number of carboxylic acid groups (broad SMARTS) is 1. The molecule has 0 spiro atoms. The summed E-state index contributed by atoms with van der Waals surface area (Å²) in [4.78, 5) is 59.2. The maximum Gasteiger partial charge on any atom is 0.408 e. The smallest absolute Gasteiger partial charge is 0.408 e. The highest BCUT2D eigenvalue weighted by molar-refractivity contribution is 5.96. The van der Waals surface area contributed by atoms with E-state index in [1.807, 2.05) is 85.7 Å². The largest absolute Gasteiger partial charge is 0.479 e. The molecular weight excluding hydrogens is 662 g/mol. The highest BCUT2D eigenvalue weighted by Crippen LogP contribution is 2.45. The number of alkyl carbamates (subject to hydrolysis) is 1. The lowest BCUT2D eigenvalue weighted by Crippen LogP contribution is -2.56. The van der Waals surface area contributed by atoms with Crippen molar-refractivity contribution in [3.63, 3.8) is 0 Å². The molecule has 3 heterocycles. The highest BCUT2D eigenvalue weighted by atomic mass is 16.6. The number of ether oxygens (including phenoxy) is 1. The lowest BCUT2D eigenvalue weighted by Gasteiger charge is -2.30. The molecule has 1 saturated carbocycles. The number of carbonyl (C=O) groups excluding carboxylic acids is 3. The quantitative estimate of drug-likeness (QED) is 0.293. The second kappa shape index (κ2) is 14.8. The van der Waals surface area contributed by atoms with Gasteiger partial charge in [-0.05, 0) is 58.6 Å². The Morgan fingerprint density at radius 3 is 2.29 bits per heavy atom. The van der Waals surface area contributed by atoms with E-state index in [2.05, 4.69) is 10.6 Å². The molecule has 1 saturated heterocycles. The Balaban J connectivity index is 1.37. The number of aliphatic carboxylic acids is 1. The molecule has 3 aliphatic rings. The van der Waals surface area contributed by atoms with Gasteiger partial charge in [0.1, 0.15) is 34.6 Å². The molecule has 1 aromatic heterocycles. The second-order valence-corrected chi connectivity index (χ2v) is 15.3. The van der Waals surface area contributed by atoms with Gasteiger partial charge in [-0.15, -0.1) is 0 Å². The Bertz CT molecular complexity index is 1820. The number of benzene rings is 2. The van der Waals surface area contributed by atoms with Gasteiger partial charge in [0.25, 0.3) is 0 Å². The Morgan fingerprint density at radius 1 is 0.981 bits per heavy atom. The van der Waals surface area contributed by atoms with Crippen LogP contribution in [0.2, 0.25) is 0 Å². The summed E-state index contributed by atoms with van der Waals surface area (Å²) >= 11 is 0. The van der Waals surface area contributed by atoms with Crippen LogP contribution < -0.4 is 15.5 Å². The maximum absolute atomic E-state index is 14.5. The van der Waals surface area contributed by atoms with Crippen molar-refractivity contribution in [1.82, 2.24) is 30.5 Å². The van der Waals surface area contributed by atoms with E-state index in [1.54, 1.807) is 25.6 Å². The summed E-state index contributed by atoms with van der Waals surface area (Å²) in [6, 6.07) is 15.2. The zero-order valence-electron chi connectivity index (χ0n) is 30.5. The Morgan fingerprint density at radius 2 is 1.65 bits per heavy atom. The summed E-state index contributed by atoms with van der Waals surface area (Å²) in [6.07, 6.45) is 6.96. The van der Waals surface area contributed by atoms with Gasteiger partial charge in [-0.1, -0.05) is 67.5 Å². The number of fused-ring (bicyclic) bond motifs is 2. The fraction of sp³-hybridized carbons (Fsp3) is 0.487. The third-order valence-corrected chi connectivity index (χ3v) is 9.99. The summed E-state index contributed by atoms with van der Waals surface area (Å²) in [5, 5.41) is 25.8. The molecule has 52 heavy (non-hydrogen) atoms. The minimum Gasteiger partial charge on any atom is -0.479 e. The van der Waals surface area contributed by atoms with Crippen molar-refractivity contribution in [2.45, 2.75) is 95.0 Å². The molecule has 13 heteroatoms. The van der Waals surface area contributed by atoms with Crippen LogP contribution in [0, 0.1) is 5.92 Å². The highest BCUT2D eigenvalue weighted by Gasteiger charge is 2.61. The molecule has 1 aliphatic carbocycles. The number of nitrogens with one attached hydrogen (secondary N) is 2. The minimum absolute atomic E-state index is 0.0781. The number of aromatic nitrogens is 3. The van der Waals surface area contributed by atoms with Gasteiger partial charge in [-0.25, -0.2) is 9.59 Å². The van der Waals surface area contributed by atoms with Crippen LogP contribution in [0.15, 0.2) is 66.7 Å². The monoisotopic (exact) mass is 711 g/mol. The van der Waals surface area contributed by atoms with Gasteiger partial charge in [0.05, 0.1) is 6.04 Å². The first-order chi connectivity index (χ1) is 24.8. The van der Waals surface area contributed by atoms with Crippen LogP contribution in [-0.2, 0) is 19.1 Å². The molecule has 3 amide bonds. The van der Waals surface area contributed by atoms with E-state index >= 15 is 0 Å². The molecule has 3 N–H and O–H groups in total. The number of rotatable bonds is 6. The number of anilines is 1. The first-order valence-electron chi connectivity index (χ1n) is 18.1. The van der Waals surface area contributed by atoms with E-state index in [1.165, 1.54) is 4.90 Å². The van der Waals surface area contributed by atoms with Crippen LogP contribution in [0.5, 0.6) is 0 Å². The van der Waals surface area contributed by atoms with E-state index in [0.717, 1.165) is 36.1 Å². The van der Waals surface area contributed by atoms with Crippen LogP contribution in [0.25, 0.3) is 22.5 Å². The van der Waals surface area contributed by atoms with Crippen molar-refractivity contribution >= 4 is 29.6 Å². The number of allylic oxidation sites excluding steroid dienone is 1. The SMILES string of the molecule is CN(C)c1ccc(-c2nn([C@H]3C[C@H]4C(=O)N[C@]5(C(=O)O)C[C@@H]5/C=C\CCCCC[C@H](NC(=O)OC(C)(C)C)C(=O)N4C3)nc2-c2ccccc2)cc1. The Hall–Kier alpha value is -5.20. The fourth-order valence-corrected chi connectivity index (χ4v) is 7.08. The van der Waals surface area contributed by atoms with Gasteiger partial charge in [0, 0.05) is 49.8 Å². The number of amides is 3. The van der Waals surface area contributed by atoms with Gasteiger partial charge >= 0.3 is 12.1 Å². The number of hydrogen-bond acceptors (Lipinski definition) is 8. The molecule has 0 unspecified atom stereocenters. The van der Waals surface area contributed by atoms with Gasteiger partial charge in [0.2, 0.25) is 11.8 Å². The van der Waals surface area contributed by atoms with E-state index in [9.17, 15) is 24.3 Å². The summed E-state index contributed by atoms with van der Waals surface area (Å²) in [5.74, 6) is -2.45. The van der Waals surface area contributed by atoms with Gasteiger partial charge in [-0.3, -0.25) is 9.59 Å². The third kappa shape index (κ3) is 7.98. The molecule has 0 bridgehead atoms. The summed E-state index contributed by atoms with van der Waals surface area (Å²) in [5.41, 5.74) is 1.84. The number of hydrogen-bond donors (Lipinski definition) is 3. The van der Waals surface area contributed by atoms with Crippen molar-refractivity contribution in [3.05, 3.63) is 66.7 Å². The van der Waals surface area contributed by atoms with Crippen LogP contribution >= 0.6 is 0 Å². The maximum atomic E-state index is 14.5. The first-order valence-corrected chi connectivity index (χ1v) is 18.1. The Labute approximate surface area is 304 Å². The normalized spacial score (nSPS) is 25.8. The predicted octanol–water partition coefficient (Wildman–Crippen LogP) is 5.19. The van der Waals surface area contributed by atoms with Crippen LogP contribution in [0.4, 0.5) is 10.5 Å². The summed E-state index contributed by atoms with van der Waals surface area (Å²) < 4.78 is 5.52. The van der Waals surface area contributed by atoms with Crippen molar-refractivity contribution < 1.29 is 29.0 Å². The van der Waals surface area contributed by atoms with Crippen LogP contribution in [0.1, 0.15) is 71.8 Å². The fourth-order valence-electron chi connectivity index (χ4n) is 7.08. The molecule has 6 rings (SSSR count). The molecule has 2 fully saturated rings. The molecule has 0 radical (unpaired) electrons. The second-order valence-electron chi connectivity index (χ2n) is 15.3. The summed E-state index contributed by atoms with van der Waals surface area (Å²) in [7, 11) is 3.95. The van der Waals surface area contributed by atoms with Gasteiger partial charge in [0.15, 0.2) is 0 Å². The molecule has 2 aliphatic heterocycles. The van der Waals surface area contributed by atoms with Crippen LogP contribution in [0.3, 0.4) is 0 Å². The van der Waals surface area contributed by atoms with E-state index in [4.69, 9.17) is 14.9 Å². The van der Waals surface area contributed by atoms with E-state index < -0.39 is 53.1 Å². The van der Waals surface area contributed by atoms with Crippen LogP contribution in [-0.4, -0.2) is 92.7 Å².